The summed E-state index contributed by atoms with van der Waals surface area (Å²) in [5.41, 5.74) is 0.904. The number of rotatable bonds is 3. The van der Waals surface area contributed by atoms with E-state index in [0.717, 1.165) is 42.4 Å². The minimum Gasteiger partial charge on any atom is -0.393 e. The van der Waals surface area contributed by atoms with Gasteiger partial charge in [0.25, 0.3) is 0 Å². The maximum atomic E-state index is 13.3. The van der Waals surface area contributed by atoms with Crippen molar-refractivity contribution >= 4 is 16.9 Å². The minimum absolute atomic E-state index is 0.179. The number of hydrogen-bond donors (Lipinski definition) is 2. The van der Waals surface area contributed by atoms with Crippen LogP contribution < -0.4 is 5.32 Å². The van der Waals surface area contributed by atoms with Crippen LogP contribution in [0.1, 0.15) is 25.7 Å². The van der Waals surface area contributed by atoms with Crippen molar-refractivity contribution in [3.8, 4) is 5.82 Å². The third-order valence-electron chi connectivity index (χ3n) is 4.57. The zero-order valence-corrected chi connectivity index (χ0v) is 13.2. The predicted molar refractivity (Wildman–Crippen MR) is 90.7 cm³/mol. The molecule has 1 saturated carbocycles. The normalized spacial score (nSPS) is 21.1. The van der Waals surface area contributed by atoms with Crippen LogP contribution in [0.15, 0.2) is 42.7 Å². The number of nitrogens with one attached hydrogen (secondary N) is 1. The quantitative estimate of drug-likeness (QED) is 0.775. The van der Waals surface area contributed by atoms with Crippen LogP contribution in [0.5, 0.6) is 0 Å². The van der Waals surface area contributed by atoms with Crippen molar-refractivity contribution in [2.75, 3.05) is 5.32 Å². The van der Waals surface area contributed by atoms with Gasteiger partial charge >= 0.3 is 0 Å². The number of hydrogen-bond acceptors (Lipinski definition) is 4. The van der Waals surface area contributed by atoms with Crippen LogP contribution in [0.2, 0.25) is 0 Å². The van der Waals surface area contributed by atoms with Gasteiger partial charge in [0.1, 0.15) is 11.6 Å². The maximum Gasteiger partial charge on any atom is 0.224 e. The Morgan fingerprint density at radius 2 is 1.96 bits per heavy atom. The number of aliphatic hydroxyl groups is 1. The Morgan fingerprint density at radius 1 is 1.12 bits per heavy atom. The second-order valence-electron chi connectivity index (χ2n) is 6.28. The second-order valence-corrected chi connectivity index (χ2v) is 6.28. The molecule has 0 aliphatic heterocycles. The van der Waals surface area contributed by atoms with Gasteiger partial charge in [0.05, 0.1) is 11.6 Å². The molecule has 1 aliphatic rings. The fraction of sp³-hybridized carbons (Fsp3) is 0.333. The van der Waals surface area contributed by atoms with Gasteiger partial charge in [-0.2, -0.15) is 4.98 Å². The van der Waals surface area contributed by atoms with E-state index in [-0.39, 0.29) is 11.9 Å². The lowest BCUT2D eigenvalue weighted by molar-refractivity contribution is 0.126. The van der Waals surface area contributed by atoms with Crippen molar-refractivity contribution in [3.05, 3.63) is 48.5 Å². The van der Waals surface area contributed by atoms with E-state index < -0.39 is 0 Å². The molecule has 4 rings (SSSR count). The Morgan fingerprint density at radius 3 is 2.79 bits per heavy atom. The lowest BCUT2D eigenvalue weighted by Crippen LogP contribution is -2.29. The molecular weight excluding hydrogens is 307 g/mol. The van der Waals surface area contributed by atoms with Crippen molar-refractivity contribution in [1.29, 1.82) is 0 Å². The average molecular weight is 326 g/mol. The molecule has 2 N–H and O–H groups in total. The van der Waals surface area contributed by atoms with Gasteiger partial charge in [0.15, 0.2) is 0 Å². The van der Waals surface area contributed by atoms with E-state index in [1.807, 2.05) is 22.9 Å². The van der Waals surface area contributed by atoms with Gasteiger partial charge in [-0.1, -0.05) is 0 Å². The van der Waals surface area contributed by atoms with Crippen LogP contribution in [0, 0.1) is 5.82 Å². The zero-order chi connectivity index (χ0) is 16.5. The SMILES string of the molecule is OC1CCC(Nc2nccc(-n3ccc4cc(F)ccc43)n2)CC1. The van der Waals surface area contributed by atoms with Crippen LogP contribution in [-0.4, -0.2) is 31.8 Å². The Labute approximate surface area is 139 Å². The summed E-state index contributed by atoms with van der Waals surface area (Å²) >= 11 is 0. The van der Waals surface area contributed by atoms with E-state index in [1.165, 1.54) is 12.1 Å². The number of anilines is 1. The Balaban J connectivity index is 1.60. The summed E-state index contributed by atoms with van der Waals surface area (Å²) in [4.78, 5) is 8.88. The molecule has 0 spiro atoms. The third-order valence-corrected chi connectivity index (χ3v) is 4.57. The summed E-state index contributed by atoms with van der Waals surface area (Å²) in [6.45, 7) is 0. The maximum absolute atomic E-state index is 13.3. The van der Waals surface area contributed by atoms with Crippen LogP contribution in [0.4, 0.5) is 10.3 Å². The standard InChI is InChI=1S/C18H19FN4O/c19-13-1-6-16-12(11-13)8-10-23(16)17-7-9-20-18(22-17)21-14-2-4-15(24)5-3-14/h1,6-11,14-15,24H,2-5H2,(H,20,21,22). The predicted octanol–water partition coefficient (Wildman–Crippen LogP) is 3.28. The molecular formula is C18H19FN4O. The van der Waals surface area contributed by atoms with Crippen LogP contribution in [0.3, 0.4) is 0 Å². The Kier molecular flexibility index (Phi) is 3.90. The van der Waals surface area contributed by atoms with Crippen molar-refractivity contribution in [1.82, 2.24) is 14.5 Å². The summed E-state index contributed by atoms with van der Waals surface area (Å²) in [6, 6.07) is 8.71. The summed E-state index contributed by atoms with van der Waals surface area (Å²) in [6.07, 6.45) is 6.88. The third kappa shape index (κ3) is 2.97. The molecule has 3 aromatic rings. The van der Waals surface area contributed by atoms with Crippen LogP contribution >= 0.6 is 0 Å². The molecule has 1 aliphatic carbocycles. The zero-order valence-electron chi connectivity index (χ0n) is 13.2. The van der Waals surface area contributed by atoms with E-state index in [1.54, 1.807) is 12.3 Å². The fourth-order valence-corrected chi connectivity index (χ4v) is 3.27. The largest absolute Gasteiger partial charge is 0.393 e. The topological polar surface area (TPSA) is 63.0 Å². The smallest absolute Gasteiger partial charge is 0.224 e. The molecule has 0 atom stereocenters. The van der Waals surface area contributed by atoms with Crippen molar-refractivity contribution in [3.63, 3.8) is 0 Å². The van der Waals surface area contributed by atoms with Crippen LogP contribution in [-0.2, 0) is 0 Å². The molecule has 0 amide bonds. The molecule has 0 bridgehead atoms. The number of benzene rings is 1. The minimum atomic E-state index is -0.246. The number of aliphatic hydroxyl groups excluding tert-OH is 1. The van der Waals surface area contributed by atoms with Gasteiger partial charge in [-0.3, -0.25) is 0 Å². The van der Waals surface area contributed by atoms with Crippen molar-refractivity contribution in [2.24, 2.45) is 0 Å². The molecule has 1 fully saturated rings. The molecule has 0 saturated heterocycles. The van der Waals surface area contributed by atoms with E-state index in [2.05, 4.69) is 15.3 Å². The number of halogens is 1. The highest BCUT2D eigenvalue weighted by atomic mass is 19.1. The van der Waals surface area contributed by atoms with Gasteiger partial charge in [0.2, 0.25) is 5.95 Å². The lowest BCUT2D eigenvalue weighted by atomic mass is 9.93. The first-order valence-electron chi connectivity index (χ1n) is 8.24. The molecule has 6 heteroatoms. The highest BCUT2D eigenvalue weighted by Gasteiger charge is 2.20. The summed E-state index contributed by atoms with van der Waals surface area (Å²) in [5, 5.41) is 13.8. The highest BCUT2D eigenvalue weighted by molar-refractivity contribution is 5.81. The molecule has 1 aromatic carbocycles. The summed E-state index contributed by atoms with van der Waals surface area (Å²) < 4.78 is 15.3. The van der Waals surface area contributed by atoms with Crippen molar-refractivity contribution < 1.29 is 9.50 Å². The average Bonchev–Trinajstić information content (AvgIpc) is 3.00. The molecule has 2 heterocycles. The van der Waals surface area contributed by atoms with Gasteiger partial charge in [-0.05, 0) is 56.0 Å². The fourth-order valence-electron chi connectivity index (χ4n) is 3.27. The molecule has 124 valence electrons. The highest BCUT2D eigenvalue weighted by Crippen LogP contribution is 2.23. The first-order valence-corrected chi connectivity index (χ1v) is 8.24. The van der Waals surface area contributed by atoms with E-state index in [9.17, 15) is 9.50 Å². The van der Waals surface area contributed by atoms with Gasteiger partial charge in [-0.25, -0.2) is 9.37 Å². The number of fused-ring (bicyclic) bond motifs is 1. The number of nitrogens with zero attached hydrogens (tertiary/aromatic N) is 3. The summed E-state index contributed by atoms with van der Waals surface area (Å²) in [5.74, 6) is 1.08. The second kappa shape index (κ2) is 6.20. The van der Waals surface area contributed by atoms with Crippen molar-refractivity contribution in [2.45, 2.75) is 37.8 Å². The van der Waals surface area contributed by atoms with E-state index >= 15 is 0 Å². The molecule has 2 aromatic heterocycles. The molecule has 0 unspecified atom stereocenters. The Hall–Kier alpha value is -2.47. The van der Waals surface area contributed by atoms with Gasteiger partial charge in [-0.15, -0.1) is 0 Å². The van der Waals surface area contributed by atoms with Gasteiger partial charge < -0.3 is 15.0 Å². The first-order chi connectivity index (χ1) is 11.7. The van der Waals surface area contributed by atoms with E-state index in [0.29, 0.717) is 12.0 Å². The molecule has 0 radical (unpaired) electrons. The summed E-state index contributed by atoms with van der Waals surface area (Å²) in [7, 11) is 0. The lowest BCUT2D eigenvalue weighted by Gasteiger charge is -2.26. The van der Waals surface area contributed by atoms with Crippen LogP contribution in [0.25, 0.3) is 16.7 Å². The van der Waals surface area contributed by atoms with E-state index in [4.69, 9.17) is 0 Å². The van der Waals surface area contributed by atoms with Gasteiger partial charge in [0, 0.05) is 23.8 Å². The molecule has 5 nitrogen and oxygen atoms in total. The Bertz CT molecular complexity index is 855. The molecule has 24 heavy (non-hydrogen) atoms. The monoisotopic (exact) mass is 326 g/mol. The first kappa shape index (κ1) is 15.1. The number of aromatic nitrogens is 3.